The van der Waals surface area contributed by atoms with Crippen LogP contribution in [0.2, 0.25) is 5.02 Å². The number of esters is 1. The third-order valence-electron chi connectivity index (χ3n) is 3.64. The Morgan fingerprint density at radius 2 is 2.28 bits per heavy atom. The molecule has 6 nitrogen and oxygen atoms in total. The smallest absolute Gasteiger partial charge is 0.348 e. The van der Waals surface area contributed by atoms with Gasteiger partial charge in [-0.2, -0.15) is 5.26 Å². The number of benzene rings is 1. The maximum absolute atomic E-state index is 12.2. The molecule has 1 aromatic carbocycles. The monoisotopic (exact) mass is 376 g/mol. The number of fused-ring (bicyclic) bond motifs is 1. The number of nitrogens with one attached hydrogen (secondary N) is 1. The molecule has 1 aliphatic heterocycles. The summed E-state index contributed by atoms with van der Waals surface area (Å²) < 4.78 is 10.7. The standard InChI is InChI=1S/C17H13ClN2O4S/c1-9(15(21)20-16-10(8-19)4-5-25-16)23-17(22)14-7-11-6-12(18)2-3-13(11)24-14/h2-6,9,14H,7H2,1H3,(H,20,21)/t9-,14-/m1/s1. The van der Waals surface area contributed by atoms with Crippen LogP contribution in [0.5, 0.6) is 5.75 Å². The lowest BCUT2D eigenvalue weighted by Gasteiger charge is -2.15. The molecule has 2 aromatic rings. The van der Waals surface area contributed by atoms with Gasteiger partial charge in [-0.1, -0.05) is 11.6 Å². The normalized spacial score (nSPS) is 16.3. The molecular weight excluding hydrogens is 364 g/mol. The number of hydrogen-bond acceptors (Lipinski definition) is 6. The Labute approximate surface area is 152 Å². The van der Waals surface area contributed by atoms with E-state index in [0.29, 0.717) is 27.8 Å². The van der Waals surface area contributed by atoms with Gasteiger partial charge in [0.05, 0.1) is 5.56 Å². The van der Waals surface area contributed by atoms with Crippen LogP contribution in [0.15, 0.2) is 29.6 Å². The number of thiophene rings is 1. The van der Waals surface area contributed by atoms with Crippen molar-refractivity contribution in [3.05, 3.63) is 45.8 Å². The van der Waals surface area contributed by atoms with E-state index < -0.39 is 24.1 Å². The lowest BCUT2D eigenvalue weighted by Crippen LogP contribution is -2.35. The van der Waals surface area contributed by atoms with Crippen molar-refractivity contribution in [2.45, 2.75) is 25.6 Å². The predicted molar refractivity (Wildman–Crippen MR) is 92.8 cm³/mol. The molecule has 25 heavy (non-hydrogen) atoms. The minimum Gasteiger partial charge on any atom is -0.478 e. The van der Waals surface area contributed by atoms with E-state index in [4.69, 9.17) is 26.3 Å². The topological polar surface area (TPSA) is 88.4 Å². The zero-order valence-corrected chi connectivity index (χ0v) is 14.7. The van der Waals surface area contributed by atoms with E-state index in [9.17, 15) is 9.59 Å². The number of halogens is 1. The van der Waals surface area contributed by atoms with Crippen LogP contribution in [0.3, 0.4) is 0 Å². The van der Waals surface area contributed by atoms with Gasteiger partial charge in [-0.05, 0) is 42.1 Å². The average molecular weight is 377 g/mol. The molecule has 128 valence electrons. The van der Waals surface area contributed by atoms with Crippen LogP contribution in [0.1, 0.15) is 18.1 Å². The summed E-state index contributed by atoms with van der Waals surface area (Å²) in [5.74, 6) is -0.548. The summed E-state index contributed by atoms with van der Waals surface area (Å²) in [5, 5.41) is 14.2. The van der Waals surface area contributed by atoms with Crippen molar-refractivity contribution in [2.75, 3.05) is 5.32 Å². The van der Waals surface area contributed by atoms with E-state index in [1.807, 2.05) is 6.07 Å². The molecular formula is C17H13ClN2O4S. The highest BCUT2D eigenvalue weighted by Gasteiger charge is 2.32. The van der Waals surface area contributed by atoms with Crippen LogP contribution >= 0.6 is 22.9 Å². The molecule has 0 saturated carbocycles. The van der Waals surface area contributed by atoms with E-state index in [2.05, 4.69) is 5.32 Å². The maximum atomic E-state index is 12.2. The van der Waals surface area contributed by atoms with Crippen molar-refractivity contribution in [3.63, 3.8) is 0 Å². The second kappa shape index (κ2) is 7.13. The molecule has 0 spiro atoms. The molecule has 0 saturated heterocycles. The summed E-state index contributed by atoms with van der Waals surface area (Å²) in [6, 6.07) is 8.69. The first kappa shape index (κ1) is 17.3. The van der Waals surface area contributed by atoms with Crippen molar-refractivity contribution in [1.82, 2.24) is 0 Å². The molecule has 2 atom stereocenters. The Balaban J connectivity index is 1.58. The number of carbonyl (C=O) groups is 2. The van der Waals surface area contributed by atoms with Crippen LogP contribution in [-0.2, 0) is 20.7 Å². The average Bonchev–Trinajstić information content (AvgIpc) is 3.20. The molecule has 0 bridgehead atoms. The van der Waals surface area contributed by atoms with Gasteiger partial charge in [-0.15, -0.1) is 11.3 Å². The molecule has 2 heterocycles. The molecule has 0 unspecified atom stereocenters. The number of ether oxygens (including phenoxy) is 2. The molecule has 1 aromatic heterocycles. The summed E-state index contributed by atoms with van der Waals surface area (Å²) in [6.07, 6.45) is -1.48. The van der Waals surface area contributed by atoms with E-state index in [1.165, 1.54) is 18.3 Å². The van der Waals surface area contributed by atoms with Gasteiger partial charge in [0, 0.05) is 11.4 Å². The quantitative estimate of drug-likeness (QED) is 0.828. The first-order chi connectivity index (χ1) is 12.0. The van der Waals surface area contributed by atoms with Gasteiger partial charge in [-0.25, -0.2) is 4.79 Å². The summed E-state index contributed by atoms with van der Waals surface area (Å²) in [6.45, 7) is 1.46. The molecule has 1 aliphatic rings. The van der Waals surface area contributed by atoms with E-state index in [-0.39, 0.29) is 0 Å². The van der Waals surface area contributed by atoms with Crippen molar-refractivity contribution in [2.24, 2.45) is 0 Å². The largest absolute Gasteiger partial charge is 0.478 e. The Kier molecular flexibility index (Phi) is 4.93. The maximum Gasteiger partial charge on any atom is 0.348 e. The third-order valence-corrected chi connectivity index (χ3v) is 4.71. The van der Waals surface area contributed by atoms with Crippen molar-refractivity contribution < 1.29 is 19.1 Å². The molecule has 8 heteroatoms. The highest BCUT2D eigenvalue weighted by Crippen LogP contribution is 2.31. The van der Waals surface area contributed by atoms with Crippen molar-refractivity contribution >= 4 is 39.8 Å². The van der Waals surface area contributed by atoms with Crippen LogP contribution in [0, 0.1) is 11.3 Å². The molecule has 1 amide bonds. The lowest BCUT2D eigenvalue weighted by atomic mass is 10.1. The minimum absolute atomic E-state index is 0.340. The first-order valence-electron chi connectivity index (χ1n) is 7.42. The number of hydrogen-bond donors (Lipinski definition) is 1. The van der Waals surface area contributed by atoms with E-state index in [0.717, 1.165) is 5.56 Å². The molecule has 0 aliphatic carbocycles. The van der Waals surface area contributed by atoms with E-state index in [1.54, 1.807) is 29.6 Å². The fourth-order valence-electron chi connectivity index (χ4n) is 2.36. The van der Waals surface area contributed by atoms with Crippen LogP contribution in [-0.4, -0.2) is 24.1 Å². The SMILES string of the molecule is C[C@@H](OC(=O)[C@H]1Cc2cc(Cl)ccc2O1)C(=O)Nc1sccc1C#N. The fourth-order valence-corrected chi connectivity index (χ4v) is 3.29. The van der Waals surface area contributed by atoms with Crippen LogP contribution < -0.4 is 10.1 Å². The summed E-state index contributed by atoms with van der Waals surface area (Å²) in [4.78, 5) is 24.4. The zero-order chi connectivity index (χ0) is 18.0. The second-order valence-electron chi connectivity index (χ2n) is 5.41. The lowest BCUT2D eigenvalue weighted by molar-refractivity contribution is -0.159. The van der Waals surface area contributed by atoms with Gasteiger partial charge in [0.15, 0.2) is 12.2 Å². The van der Waals surface area contributed by atoms with Crippen LogP contribution in [0.25, 0.3) is 0 Å². The summed E-state index contributed by atoms with van der Waals surface area (Å²) in [5.41, 5.74) is 1.19. The van der Waals surface area contributed by atoms with Gasteiger partial charge in [0.1, 0.15) is 16.8 Å². The van der Waals surface area contributed by atoms with Gasteiger partial charge in [0.25, 0.3) is 5.91 Å². The zero-order valence-electron chi connectivity index (χ0n) is 13.1. The first-order valence-corrected chi connectivity index (χ1v) is 8.67. The molecule has 0 radical (unpaired) electrons. The summed E-state index contributed by atoms with van der Waals surface area (Å²) >= 11 is 7.15. The minimum atomic E-state index is -1.02. The Hall–Kier alpha value is -2.56. The Morgan fingerprint density at radius 3 is 3.04 bits per heavy atom. The highest BCUT2D eigenvalue weighted by atomic mass is 35.5. The van der Waals surface area contributed by atoms with Crippen molar-refractivity contribution in [1.29, 1.82) is 5.26 Å². The molecule has 3 rings (SSSR count). The Morgan fingerprint density at radius 1 is 1.48 bits per heavy atom. The second-order valence-corrected chi connectivity index (χ2v) is 6.76. The Bertz CT molecular complexity index is 874. The number of anilines is 1. The number of rotatable bonds is 4. The number of carbonyl (C=O) groups excluding carboxylic acids is 2. The fraction of sp³-hybridized carbons (Fsp3) is 0.235. The number of nitrogens with zero attached hydrogens (tertiary/aromatic N) is 1. The van der Waals surface area contributed by atoms with Gasteiger partial charge in [-0.3, -0.25) is 4.79 Å². The van der Waals surface area contributed by atoms with Gasteiger partial charge < -0.3 is 14.8 Å². The summed E-state index contributed by atoms with van der Waals surface area (Å²) in [7, 11) is 0. The van der Waals surface area contributed by atoms with Gasteiger partial charge >= 0.3 is 5.97 Å². The highest BCUT2D eigenvalue weighted by molar-refractivity contribution is 7.14. The third kappa shape index (κ3) is 3.76. The van der Waals surface area contributed by atoms with Crippen LogP contribution in [0.4, 0.5) is 5.00 Å². The predicted octanol–water partition coefficient (Wildman–Crippen LogP) is 3.15. The molecule has 1 N–H and O–H groups in total. The number of nitriles is 1. The van der Waals surface area contributed by atoms with E-state index >= 15 is 0 Å². The van der Waals surface area contributed by atoms with Crippen molar-refractivity contribution in [3.8, 4) is 11.8 Å². The van der Waals surface area contributed by atoms with Gasteiger partial charge in [0.2, 0.25) is 0 Å². The number of amides is 1. The molecule has 0 fully saturated rings.